The normalized spacial score (nSPS) is 25.5. The van der Waals surface area contributed by atoms with Crippen molar-refractivity contribution in [2.24, 2.45) is 5.92 Å². The van der Waals surface area contributed by atoms with E-state index in [9.17, 15) is 8.78 Å². The van der Waals surface area contributed by atoms with E-state index in [0.717, 1.165) is 32.2 Å². The maximum absolute atomic E-state index is 13.3. The second kappa shape index (κ2) is 7.10. The summed E-state index contributed by atoms with van der Waals surface area (Å²) in [5, 5.41) is 3.43. The molecule has 0 amide bonds. The highest BCUT2D eigenvalue weighted by Crippen LogP contribution is 2.38. The first-order valence-corrected chi connectivity index (χ1v) is 6.79. The van der Waals surface area contributed by atoms with E-state index in [1.807, 2.05) is 6.08 Å². The van der Waals surface area contributed by atoms with Crippen LogP contribution in [-0.2, 0) is 0 Å². The molecule has 1 rings (SSSR count). The van der Waals surface area contributed by atoms with Crippen LogP contribution in [0.3, 0.4) is 0 Å². The molecule has 100 valence electrons. The molecule has 0 aliphatic heterocycles. The van der Waals surface area contributed by atoms with Crippen molar-refractivity contribution in [3.8, 4) is 0 Å². The maximum atomic E-state index is 13.3. The van der Waals surface area contributed by atoms with E-state index in [1.165, 1.54) is 0 Å². The van der Waals surface area contributed by atoms with Crippen molar-refractivity contribution in [2.45, 2.75) is 63.8 Å². The van der Waals surface area contributed by atoms with Gasteiger partial charge in [-0.3, -0.25) is 0 Å². The molecule has 2 unspecified atom stereocenters. The number of hydrogen-bond donors (Lipinski definition) is 1. The average molecular weight is 245 g/mol. The maximum Gasteiger partial charge on any atom is 0.248 e. The van der Waals surface area contributed by atoms with Gasteiger partial charge in [0.1, 0.15) is 0 Å². The van der Waals surface area contributed by atoms with Crippen molar-refractivity contribution in [1.29, 1.82) is 0 Å². The zero-order valence-corrected chi connectivity index (χ0v) is 10.9. The fraction of sp³-hybridized carbons (Fsp3) is 0.857. The first-order valence-electron chi connectivity index (χ1n) is 6.79. The monoisotopic (exact) mass is 245 g/mol. The van der Waals surface area contributed by atoms with E-state index in [4.69, 9.17) is 0 Å². The van der Waals surface area contributed by atoms with Gasteiger partial charge in [0, 0.05) is 18.9 Å². The lowest BCUT2D eigenvalue weighted by atomic mass is 9.82. The molecule has 17 heavy (non-hydrogen) atoms. The summed E-state index contributed by atoms with van der Waals surface area (Å²) in [6.45, 7) is 6.82. The SMILES string of the molecule is C=CCC(CC1CCCC(F)(F)C1)NCCC. The summed E-state index contributed by atoms with van der Waals surface area (Å²) in [7, 11) is 0. The Hall–Kier alpha value is -0.440. The summed E-state index contributed by atoms with van der Waals surface area (Å²) in [4.78, 5) is 0. The summed E-state index contributed by atoms with van der Waals surface area (Å²) < 4.78 is 26.6. The molecule has 1 nitrogen and oxygen atoms in total. The Balaban J connectivity index is 2.39. The first-order chi connectivity index (χ1) is 8.07. The van der Waals surface area contributed by atoms with E-state index in [2.05, 4.69) is 18.8 Å². The molecule has 0 heterocycles. The lowest BCUT2D eigenvalue weighted by Gasteiger charge is -2.31. The molecule has 0 aromatic heterocycles. The van der Waals surface area contributed by atoms with Crippen LogP contribution in [0.1, 0.15) is 51.9 Å². The van der Waals surface area contributed by atoms with E-state index in [0.29, 0.717) is 12.5 Å². The first kappa shape index (κ1) is 14.6. The molecule has 1 saturated carbocycles. The van der Waals surface area contributed by atoms with Crippen molar-refractivity contribution in [1.82, 2.24) is 5.32 Å². The minimum absolute atomic E-state index is 0.0778. The van der Waals surface area contributed by atoms with Gasteiger partial charge < -0.3 is 5.32 Å². The zero-order chi connectivity index (χ0) is 12.7. The van der Waals surface area contributed by atoms with Gasteiger partial charge >= 0.3 is 0 Å². The van der Waals surface area contributed by atoms with Gasteiger partial charge in [0.15, 0.2) is 0 Å². The topological polar surface area (TPSA) is 12.0 Å². The molecule has 3 heteroatoms. The molecule has 0 saturated heterocycles. The molecular weight excluding hydrogens is 220 g/mol. The third-order valence-electron chi connectivity index (χ3n) is 3.49. The van der Waals surface area contributed by atoms with Gasteiger partial charge in [-0.05, 0) is 44.6 Å². The van der Waals surface area contributed by atoms with Crippen LogP contribution in [0, 0.1) is 5.92 Å². The van der Waals surface area contributed by atoms with E-state index < -0.39 is 5.92 Å². The molecule has 0 aromatic carbocycles. The van der Waals surface area contributed by atoms with Crippen LogP contribution in [0.5, 0.6) is 0 Å². The summed E-state index contributed by atoms with van der Waals surface area (Å²) in [5.74, 6) is -2.25. The van der Waals surface area contributed by atoms with E-state index in [1.54, 1.807) is 0 Å². The predicted molar refractivity (Wildman–Crippen MR) is 68.4 cm³/mol. The molecule has 1 aliphatic rings. The van der Waals surface area contributed by atoms with Crippen molar-refractivity contribution < 1.29 is 8.78 Å². The third-order valence-corrected chi connectivity index (χ3v) is 3.49. The molecule has 0 spiro atoms. The summed E-state index contributed by atoms with van der Waals surface area (Å²) in [6.07, 6.45) is 6.49. The number of alkyl halides is 2. The Morgan fingerprint density at radius 2 is 2.29 bits per heavy atom. The van der Waals surface area contributed by atoms with Crippen LogP contribution in [0.15, 0.2) is 12.7 Å². The third kappa shape index (κ3) is 5.62. The molecule has 1 fully saturated rings. The number of hydrogen-bond acceptors (Lipinski definition) is 1. The standard InChI is InChI=1S/C14H25F2N/c1-3-6-13(17-9-4-2)10-12-7-5-8-14(15,16)11-12/h3,12-13,17H,1,4-11H2,2H3. The Bertz CT molecular complexity index is 228. The molecular formula is C14H25F2N. The lowest BCUT2D eigenvalue weighted by Crippen LogP contribution is -2.34. The number of rotatable bonds is 7. The highest BCUT2D eigenvalue weighted by Gasteiger charge is 2.36. The van der Waals surface area contributed by atoms with Gasteiger partial charge in [-0.2, -0.15) is 0 Å². The summed E-state index contributed by atoms with van der Waals surface area (Å²) >= 11 is 0. The highest BCUT2D eigenvalue weighted by atomic mass is 19.3. The lowest BCUT2D eigenvalue weighted by molar-refractivity contribution is -0.0547. The Morgan fingerprint density at radius 1 is 1.53 bits per heavy atom. The van der Waals surface area contributed by atoms with Gasteiger partial charge in [0.05, 0.1) is 0 Å². The number of halogens is 2. The fourth-order valence-electron chi connectivity index (χ4n) is 2.69. The van der Waals surface area contributed by atoms with Crippen molar-refractivity contribution in [3.05, 3.63) is 12.7 Å². The fourth-order valence-corrected chi connectivity index (χ4v) is 2.69. The smallest absolute Gasteiger partial charge is 0.248 e. The van der Waals surface area contributed by atoms with Crippen LogP contribution < -0.4 is 5.32 Å². The van der Waals surface area contributed by atoms with E-state index >= 15 is 0 Å². The second-order valence-electron chi connectivity index (χ2n) is 5.23. The Morgan fingerprint density at radius 3 is 2.88 bits per heavy atom. The van der Waals surface area contributed by atoms with E-state index in [-0.39, 0.29) is 18.8 Å². The van der Waals surface area contributed by atoms with Gasteiger partial charge in [-0.1, -0.05) is 13.0 Å². The molecule has 0 radical (unpaired) electrons. The van der Waals surface area contributed by atoms with Gasteiger partial charge in [0.2, 0.25) is 5.92 Å². The number of nitrogens with one attached hydrogen (secondary N) is 1. The molecule has 1 N–H and O–H groups in total. The Kier molecular flexibility index (Phi) is 6.10. The van der Waals surface area contributed by atoms with Crippen molar-refractivity contribution in [3.63, 3.8) is 0 Å². The van der Waals surface area contributed by atoms with Crippen LogP contribution >= 0.6 is 0 Å². The molecule has 1 aliphatic carbocycles. The second-order valence-corrected chi connectivity index (χ2v) is 5.23. The molecule has 0 aromatic rings. The summed E-state index contributed by atoms with van der Waals surface area (Å²) in [5.41, 5.74) is 0. The highest BCUT2D eigenvalue weighted by molar-refractivity contribution is 4.85. The van der Waals surface area contributed by atoms with Gasteiger partial charge in [-0.25, -0.2) is 8.78 Å². The van der Waals surface area contributed by atoms with Crippen LogP contribution in [0.25, 0.3) is 0 Å². The minimum Gasteiger partial charge on any atom is -0.314 e. The minimum atomic E-state index is -2.42. The quantitative estimate of drug-likeness (QED) is 0.664. The Labute approximate surface area is 104 Å². The zero-order valence-electron chi connectivity index (χ0n) is 10.9. The molecule has 0 bridgehead atoms. The van der Waals surface area contributed by atoms with Gasteiger partial charge in [-0.15, -0.1) is 6.58 Å². The van der Waals surface area contributed by atoms with Crippen LogP contribution in [0.4, 0.5) is 8.78 Å². The molecule has 2 atom stereocenters. The summed E-state index contributed by atoms with van der Waals surface area (Å²) in [6, 6.07) is 0.325. The van der Waals surface area contributed by atoms with Crippen LogP contribution in [-0.4, -0.2) is 18.5 Å². The predicted octanol–water partition coefficient (Wildman–Crippen LogP) is 4.15. The van der Waals surface area contributed by atoms with Crippen molar-refractivity contribution in [2.75, 3.05) is 6.54 Å². The average Bonchev–Trinajstić information content (AvgIpc) is 2.25. The van der Waals surface area contributed by atoms with Crippen LogP contribution in [0.2, 0.25) is 0 Å². The van der Waals surface area contributed by atoms with Crippen molar-refractivity contribution >= 4 is 0 Å². The van der Waals surface area contributed by atoms with Gasteiger partial charge in [0.25, 0.3) is 0 Å². The largest absolute Gasteiger partial charge is 0.314 e.